The summed E-state index contributed by atoms with van der Waals surface area (Å²) in [6.45, 7) is 9.52. The molecule has 3 heteroatoms. The first-order chi connectivity index (χ1) is 9.02. The smallest absolute Gasteiger partial charge is 0.161 e. The molecular formula is C16H27NO2. The van der Waals surface area contributed by atoms with Crippen molar-refractivity contribution in [2.45, 2.75) is 52.7 Å². The Hall–Kier alpha value is -1.22. The predicted octanol–water partition coefficient (Wildman–Crippen LogP) is 3.55. The van der Waals surface area contributed by atoms with Gasteiger partial charge in [-0.1, -0.05) is 19.9 Å². The maximum atomic E-state index is 5.95. The second kappa shape index (κ2) is 8.05. The molecule has 108 valence electrons. The number of benzene rings is 1. The molecule has 19 heavy (non-hydrogen) atoms. The van der Waals surface area contributed by atoms with Crippen LogP contribution in [0.5, 0.6) is 11.5 Å². The van der Waals surface area contributed by atoms with Crippen molar-refractivity contribution in [3.63, 3.8) is 0 Å². The van der Waals surface area contributed by atoms with E-state index in [1.54, 1.807) is 7.11 Å². The van der Waals surface area contributed by atoms with E-state index < -0.39 is 0 Å². The molecule has 0 amide bonds. The van der Waals surface area contributed by atoms with E-state index in [4.69, 9.17) is 9.47 Å². The zero-order valence-corrected chi connectivity index (χ0v) is 12.8. The molecule has 0 heterocycles. The molecule has 0 aromatic heterocycles. The van der Waals surface area contributed by atoms with Gasteiger partial charge in [0.05, 0.1) is 13.2 Å². The van der Waals surface area contributed by atoms with Crippen LogP contribution in [0.15, 0.2) is 18.2 Å². The number of nitrogens with one attached hydrogen (secondary N) is 1. The van der Waals surface area contributed by atoms with Gasteiger partial charge in [0.15, 0.2) is 11.5 Å². The Bertz CT molecular complexity index is 377. The van der Waals surface area contributed by atoms with Crippen LogP contribution in [0.1, 0.15) is 39.2 Å². The van der Waals surface area contributed by atoms with Crippen molar-refractivity contribution in [1.29, 1.82) is 0 Å². The fraction of sp³-hybridized carbons (Fsp3) is 0.625. The van der Waals surface area contributed by atoms with E-state index in [2.05, 4.69) is 26.1 Å². The molecule has 0 aliphatic rings. The lowest BCUT2D eigenvalue weighted by molar-refractivity contribution is 0.198. The van der Waals surface area contributed by atoms with Gasteiger partial charge in [0, 0.05) is 6.04 Å². The molecule has 0 radical (unpaired) electrons. The number of rotatable bonds is 8. The second-order valence-electron chi connectivity index (χ2n) is 5.33. The maximum absolute atomic E-state index is 5.95. The van der Waals surface area contributed by atoms with Gasteiger partial charge in [0.2, 0.25) is 0 Å². The Morgan fingerprint density at radius 3 is 2.53 bits per heavy atom. The average molecular weight is 265 g/mol. The quantitative estimate of drug-likeness (QED) is 0.729. The fourth-order valence-electron chi connectivity index (χ4n) is 1.93. The highest BCUT2D eigenvalue weighted by atomic mass is 16.5. The van der Waals surface area contributed by atoms with Crippen molar-refractivity contribution >= 4 is 0 Å². The van der Waals surface area contributed by atoms with Crippen molar-refractivity contribution in [2.75, 3.05) is 13.7 Å². The fourth-order valence-corrected chi connectivity index (χ4v) is 1.93. The molecule has 3 nitrogen and oxygen atoms in total. The average Bonchev–Trinajstić information content (AvgIpc) is 2.36. The van der Waals surface area contributed by atoms with Gasteiger partial charge in [-0.2, -0.15) is 0 Å². The SMILES string of the molecule is COc1cc(C)ccc1OC(C)CCCNC(C)C. The predicted molar refractivity (Wildman–Crippen MR) is 80.2 cm³/mol. The highest BCUT2D eigenvalue weighted by molar-refractivity contribution is 5.42. The molecular weight excluding hydrogens is 238 g/mol. The molecule has 1 unspecified atom stereocenters. The molecule has 0 aliphatic heterocycles. The lowest BCUT2D eigenvalue weighted by Crippen LogP contribution is -2.25. The zero-order chi connectivity index (χ0) is 14.3. The van der Waals surface area contributed by atoms with Crippen molar-refractivity contribution in [3.8, 4) is 11.5 Å². The topological polar surface area (TPSA) is 30.5 Å². The monoisotopic (exact) mass is 265 g/mol. The number of hydrogen-bond donors (Lipinski definition) is 1. The normalized spacial score (nSPS) is 12.5. The van der Waals surface area contributed by atoms with E-state index in [-0.39, 0.29) is 6.10 Å². The van der Waals surface area contributed by atoms with Crippen LogP contribution >= 0.6 is 0 Å². The summed E-state index contributed by atoms with van der Waals surface area (Å²) >= 11 is 0. The molecule has 1 atom stereocenters. The van der Waals surface area contributed by atoms with Crippen LogP contribution in [0.25, 0.3) is 0 Å². The van der Waals surface area contributed by atoms with E-state index >= 15 is 0 Å². The van der Waals surface area contributed by atoms with E-state index in [1.165, 1.54) is 5.56 Å². The molecule has 1 aromatic carbocycles. The Morgan fingerprint density at radius 1 is 1.16 bits per heavy atom. The number of hydrogen-bond acceptors (Lipinski definition) is 3. The number of methoxy groups -OCH3 is 1. The van der Waals surface area contributed by atoms with Crippen LogP contribution in [-0.4, -0.2) is 25.8 Å². The summed E-state index contributed by atoms with van der Waals surface area (Å²) in [7, 11) is 1.68. The van der Waals surface area contributed by atoms with Crippen molar-refractivity contribution in [2.24, 2.45) is 0 Å². The Balaban J connectivity index is 2.41. The summed E-state index contributed by atoms with van der Waals surface area (Å²) in [6.07, 6.45) is 2.36. The van der Waals surface area contributed by atoms with Gasteiger partial charge in [-0.25, -0.2) is 0 Å². The van der Waals surface area contributed by atoms with Crippen LogP contribution in [0.4, 0.5) is 0 Å². The van der Waals surface area contributed by atoms with Crippen LogP contribution in [0.3, 0.4) is 0 Å². The molecule has 0 spiro atoms. The molecule has 1 N–H and O–H groups in total. The summed E-state index contributed by atoms with van der Waals surface area (Å²) in [5, 5.41) is 3.41. The minimum Gasteiger partial charge on any atom is -0.493 e. The van der Waals surface area contributed by atoms with Crippen molar-refractivity contribution < 1.29 is 9.47 Å². The molecule has 0 saturated carbocycles. The van der Waals surface area contributed by atoms with Gasteiger partial charge >= 0.3 is 0 Å². The van der Waals surface area contributed by atoms with Crippen LogP contribution in [0.2, 0.25) is 0 Å². The number of ether oxygens (including phenoxy) is 2. The Labute approximate surface area is 117 Å². The van der Waals surface area contributed by atoms with Crippen LogP contribution < -0.4 is 14.8 Å². The standard InChI is InChI=1S/C16H27NO2/c1-12(2)17-10-6-7-14(4)19-15-9-8-13(3)11-16(15)18-5/h8-9,11-12,14,17H,6-7,10H2,1-5H3. The maximum Gasteiger partial charge on any atom is 0.161 e. The first kappa shape index (κ1) is 15.8. The zero-order valence-electron chi connectivity index (χ0n) is 12.8. The van der Waals surface area contributed by atoms with Gasteiger partial charge in [-0.3, -0.25) is 0 Å². The van der Waals surface area contributed by atoms with Crippen molar-refractivity contribution in [3.05, 3.63) is 23.8 Å². The minimum atomic E-state index is 0.200. The molecule has 0 bridgehead atoms. The van der Waals surface area contributed by atoms with Gasteiger partial charge in [-0.15, -0.1) is 0 Å². The number of aryl methyl sites for hydroxylation is 1. The Morgan fingerprint density at radius 2 is 1.89 bits per heavy atom. The van der Waals surface area contributed by atoms with E-state index in [0.717, 1.165) is 30.9 Å². The van der Waals surface area contributed by atoms with Gasteiger partial charge < -0.3 is 14.8 Å². The summed E-state index contributed by atoms with van der Waals surface area (Å²) in [5.74, 6) is 1.64. The van der Waals surface area contributed by atoms with E-state index in [0.29, 0.717) is 6.04 Å². The van der Waals surface area contributed by atoms with Crippen molar-refractivity contribution in [1.82, 2.24) is 5.32 Å². The highest BCUT2D eigenvalue weighted by Crippen LogP contribution is 2.29. The molecule has 1 aromatic rings. The first-order valence-corrected chi connectivity index (χ1v) is 7.07. The molecule has 0 saturated heterocycles. The molecule has 1 rings (SSSR count). The van der Waals surface area contributed by atoms with E-state index in [1.807, 2.05) is 25.1 Å². The highest BCUT2D eigenvalue weighted by Gasteiger charge is 2.09. The van der Waals surface area contributed by atoms with Gasteiger partial charge in [-0.05, 0) is 50.9 Å². The summed E-state index contributed by atoms with van der Waals surface area (Å²) in [5.41, 5.74) is 1.18. The summed E-state index contributed by atoms with van der Waals surface area (Å²) in [6, 6.07) is 6.58. The molecule has 0 aliphatic carbocycles. The largest absolute Gasteiger partial charge is 0.493 e. The molecule has 0 fully saturated rings. The third kappa shape index (κ3) is 5.97. The summed E-state index contributed by atoms with van der Waals surface area (Å²) < 4.78 is 11.3. The van der Waals surface area contributed by atoms with Gasteiger partial charge in [0.25, 0.3) is 0 Å². The third-order valence-corrected chi connectivity index (χ3v) is 2.99. The van der Waals surface area contributed by atoms with Crippen LogP contribution in [-0.2, 0) is 0 Å². The van der Waals surface area contributed by atoms with Gasteiger partial charge in [0.1, 0.15) is 0 Å². The lowest BCUT2D eigenvalue weighted by atomic mass is 10.2. The third-order valence-electron chi connectivity index (χ3n) is 2.99. The lowest BCUT2D eigenvalue weighted by Gasteiger charge is -2.17. The first-order valence-electron chi connectivity index (χ1n) is 7.07. The Kier molecular flexibility index (Phi) is 6.71. The van der Waals surface area contributed by atoms with Crippen LogP contribution in [0, 0.1) is 6.92 Å². The van der Waals surface area contributed by atoms with E-state index in [9.17, 15) is 0 Å². The minimum absolute atomic E-state index is 0.200. The second-order valence-corrected chi connectivity index (χ2v) is 5.33. The summed E-state index contributed by atoms with van der Waals surface area (Å²) in [4.78, 5) is 0.